The molecule has 1 N–H and O–H groups in total. The van der Waals surface area contributed by atoms with Crippen molar-refractivity contribution in [1.29, 1.82) is 5.26 Å². The van der Waals surface area contributed by atoms with Gasteiger partial charge in [-0.05, 0) is 42.8 Å². The van der Waals surface area contributed by atoms with Crippen LogP contribution in [-0.2, 0) is 14.3 Å². The molecule has 0 heterocycles. The second kappa shape index (κ2) is 9.28. The molecule has 1 atom stereocenters. The number of rotatable bonds is 6. The van der Waals surface area contributed by atoms with Gasteiger partial charge in [0.05, 0.1) is 7.11 Å². The summed E-state index contributed by atoms with van der Waals surface area (Å²) in [4.78, 5) is 24.2. The van der Waals surface area contributed by atoms with Crippen molar-refractivity contribution in [1.82, 2.24) is 0 Å². The monoisotopic (exact) mass is 386 g/mol. The number of nitrogens with zero attached hydrogens (tertiary/aromatic N) is 1. The van der Waals surface area contributed by atoms with Gasteiger partial charge in [0.1, 0.15) is 34.7 Å². The summed E-state index contributed by atoms with van der Waals surface area (Å²) in [5, 5.41) is 11.2. The van der Waals surface area contributed by atoms with Gasteiger partial charge in [-0.3, -0.25) is 4.79 Å². The van der Waals surface area contributed by atoms with Gasteiger partial charge in [-0.15, -0.1) is 0 Å². The van der Waals surface area contributed by atoms with Crippen molar-refractivity contribution in [3.05, 3.63) is 65.2 Å². The highest BCUT2D eigenvalue weighted by molar-refractivity contribution is 6.01. The van der Waals surface area contributed by atoms with Crippen LogP contribution in [0.3, 0.4) is 0 Å². The Kier molecular flexibility index (Phi) is 6.82. The van der Waals surface area contributed by atoms with Crippen molar-refractivity contribution in [2.24, 2.45) is 0 Å². The molecule has 0 fully saturated rings. The van der Waals surface area contributed by atoms with Gasteiger partial charge in [0.2, 0.25) is 0 Å². The molecule has 2 aromatic carbocycles. The summed E-state index contributed by atoms with van der Waals surface area (Å²) in [5.74, 6) is -3.41. The minimum Gasteiger partial charge on any atom is -0.497 e. The van der Waals surface area contributed by atoms with Gasteiger partial charge < -0.3 is 14.8 Å². The average molecular weight is 386 g/mol. The lowest BCUT2D eigenvalue weighted by Gasteiger charge is -2.14. The summed E-state index contributed by atoms with van der Waals surface area (Å²) in [6.07, 6.45) is -0.125. The number of amides is 1. The lowest BCUT2D eigenvalue weighted by atomic mass is 10.1. The molecule has 0 aromatic heterocycles. The van der Waals surface area contributed by atoms with Crippen molar-refractivity contribution < 1.29 is 27.8 Å². The summed E-state index contributed by atoms with van der Waals surface area (Å²) in [7, 11) is 1.47. The third kappa shape index (κ3) is 5.14. The van der Waals surface area contributed by atoms with Gasteiger partial charge in [-0.1, -0.05) is 18.2 Å². The predicted molar refractivity (Wildman–Crippen MR) is 97.1 cm³/mol. The van der Waals surface area contributed by atoms with E-state index in [-0.39, 0.29) is 5.57 Å². The van der Waals surface area contributed by atoms with Crippen LogP contribution < -0.4 is 10.1 Å². The molecule has 0 bridgehead atoms. The number of carbonyl (C=O) groups is 2. The number of hydrogen-bond donors (Lipinski definition) is 1. The normalized spacial score (nSPS) is 11.9. The van der Waals surface area contributed by atoms with Gasteiger partial charge in [-0.2, -0.15) is 5.26 Å². The molecule has 0 saturated carbocycles. The predicted octanol–water partition coefficient (Wildman–Crippen LogP) is 3.45. The molecule has 144 valence electrons. The fourth-order valence-corrected chi connectivity index (χ4v) is 2.15. The minimum atomic E-state index is -1.39. The van der Waals surface area contributed by atoms with E-state index in [4.69, 9.17) is 9.47 Å². The number of nitrogens with one attached hydrogen (secondary N) is 1. The highest BCUT2D eigenvalue weighted by atomic mass is 19.1. The lowest BCUT2D eigenvalue weighted by molar-refractivity contribution is -0.148. The summed E-state index contributed by atoms with van der Waals surface area (Å²) in [6, 6.07) is 11.4. The van der Waals surface area contributed by atoms with Crippen LogP contribution in [-0.4, -0.2) is 25.1 Å². The van der Waals surface area contributed by atoms with Crippen LogP contribution in [0.15, 0.2) is 48.0 Å². The summed E-state index contributed by atoms with van der Waals surface area (Å²) < 4.78 is 37.2. The Morgan fingerprint density at radius 1 is 1.18 bits per heavy atom. The molecule has 2 aromatic rings. The van der Waals surface area contributed by atoms with Gasteiger partial charge in [0, 0.05) is 0 Å². The smallest absolute Gasteiger partial charge is 0.349 e. The lowest BCUT2D eigenvalue weighted by Crippen LogP contribution is -2.31. The van der Waals surface area contributed by atoms with E-state index >= 15 is 0 Å². The molecule has 1 amide bonds. The maximum atomic E-state index is 13.6. The number of para-hydroxylation sites is 1. The quantitative estimate of drug-likeness (QED) is 0.467. The number of hydrogen-bond acceptors (Lipinski definition) is 5. The Labute approximate surface area is 160 Å². The fraction of sp³-hybridized carbons (Fsp3) is 0.150. The number of esters is 1. The van der Waals surface area contributed by atoms with Gasteiger partial charge >= 0.3 is 5.97 Å². The molecule has 28 heavy (non-hydrogen) atoms. The molecule has 0 aliphatic rings. The van der Waals surface area contributed by atoms with Crippen molar-refractivity contribution in [3.8, 4) is 11.8 Å². The molecule has 6 nitrogen and oxygen atoms in total. The first-order valence-electron chi connectivity index (χ1n) is 8.07. The second-order valence-corrected chi connectivity index (χ2v) is 5.58. The van der Waals surface area contributed by atoms with Crippen LogP contribution in [0.4, 0.5) is 14.5 Å². The minimum absolute atomic E-state index is 0.357. The number of ether oxygens (including phenoxy) is 2. The molecule has 0 unspecified atom stereocenters. The Bertz CT molecular complexity index is 947. The molecule has 0 spiro atoms. The zero-order chi connectivity index (χ0) is 20.7. The second-order valence-electron chi connectivity index (χ2n) is 5.58. The Hall–Kier alpha value is -3.73. The van der Waals surface area contributed by atoms with E-state index in [0.29, 0.717) is 11.3 Å². The first-order chi connectivity index (χ1) is 13.3. The zero-order valence-electron chi connectivity index (χ0n) is 15.0. The largest absolute Gasteiger partial charge is 0.497 e. The third-order valence-electron chi connectivity index (χ3n) is 3.61. The average Bonchev–Trinajstić information content (AvgIpc) is 2.68. The molecular formula is C20H16F2N2O4. The summed E-state index contributed by atoms with van der Waals surface area (Å²) >= 11 is 0. The van der Waals surface area contributed by atoms with Gasteiger partial charge in [0.15, 0.2) is 6.10 Å². The maximum Gasteiger partial charge on any atom is 0.349 e. The number of anilines is 1. The first kappa shape index (κ1) is 20.6. The molecular weight excluding hydrogens is 370 g/mol. The van der Waals surface area contributed by atoms with E-state index in [1.54, 1.807) is 30.3 Å². The van der Waals surface area contributed by atoms with E-state index in [1.165, 1.54) is 20.1 Å². The highest BCUT2D eigenvalue weighted by Crippen LogP contribution is 2.19. The Morgan fingerprint density at radius 2 is 1.82 bits per heavy atom. The standard InChI is InChI=1S/C20H16F2N2O4/c1-12(19(25)24-18-16(21)7-4-8-17(18)22)28-20(26)14(11-23)9-13-5-3-6-15(10-13)27-2/h3-10,12H,1-2H3,(H,24,25)/b14-9+/t12-/m1/s1. The van der Waals surface area contributed by atoms with E-state index in [1.807, 2.05) is 5.32 Å². The maximum absolute atomic E-state index is 13.6. The van der Waals surface area contributed by atoms with Crippen LogP contribution in [0.2, 0.25) is 0 Å². The highest BCUT2D eigenvalue weighted by Gasteiger charge is 2.22. The Balaban J connectivity index is 2.10. The number of halogens is 2. The van der Waals surface area contributed by atoms with Crippen molar-refractivity contribution in [2.45, 2.75) is 13.0 Å². The van der Waals surface area contributed by atoms with Crippen molar-refractivity contribution in [2.75, 3.05) is 12.4 Å². The van der Waals surface area contributed by atoms with Crippen LogP contribution in [0.5, 0.6) is 5.75 Å². The first-order valence-corrected chi connectivity index (χ1v) is 8.07. The SMILES string of the molecule is COc1cccc(/C=C(\C#N)C(=O)O[C@H](C)C(=O)Nc2c(F)cccc2F)c1. The van der Waals surface area contributed by atoms with Crippen LogP contribution in [0.25, 0.3) is 6.08 Å². The summed E-state index contributed by atoms with van der Waals surface area (Å²) in [5.41, 5.74) is -0.494. The summed E-state index contributed by atoms with van der Waals surface area (Å²) in [6.45, 7) is 1.21. The van der Waals surface area contributed by atoms with Gasteiger partial charge in [-0.25, -0.2) is 13.6 Å². The fourth-order valence-electron chi connectivity index (χ4n) is 2.15. The zero-order valence-corrected chi connectivity index (χ0v) is 15.0. The number of benzene rings is 2. The number of nitriles is 1. The molecule has 0 saturated heterocycles. The topological polar surface area (TPSA) is 88.4 Å². The van der Waals surface area contributed by atoms with E-state index in [2.05, 4.69) is 0 Å². The molecule has 0 aliphatic carbocycles. The van der Waals surface area contributed by atoms with Crippen LogP contribution in [0.1, 0.15) is 12.5 Å². The van der Waals surface area contributed by atoms with Gasteiger partial charge in [0.25, 0.3) is 5.91 Å². The van der Waals surface area contributed by atoms with Crippen molar-refractivity contribution >= 4 is 23.6 Å². The van der Waals surface area contributed by atoms with E-state index in [0.717, 1.165) is 18.2 Å². The molecule has 0 aliphatic heterocycles. The third-order valence-corrected chi connectivity index (χ3v) is 3.61. The molecule has 0 radical (unpaired) electrons. The molecule has 8 heteroatoms. The van der Waals surface area contributed by atoms with E-state index in [9.17, 15) is 23.6 Å². The Morgan fingerprint density at radius 3 is 2.43 bits per heavy atom. The molecule has 2 rings (SSSR count). The van der Waals surface area contributed by atoms with Crippen LogP contribution in [0, 0.1) is 23.0 Å². The van der Waals surface area contributed by atoms with Crippen molar-refractivity contribution in [3.63, 3.8) is 0 Å². The number of methoxy groups -OCH3 is 1. The number of carbonyl (C=O) groups excluding carboxylic acids is 2. The van der Waals surface area contributed by atoms with Crippen LogP contribution >= 0.6 is 0 Å². The van der Waals surface area contributed by atoms with E-state index < -0.39 is 35.3 Å².